The van der Waals surface area contributed by atoms with Gasteiger partial charge in [0, 0.05) is 18.0 Å². The van der Waals surface area contributed by atoms with Crippen LogP contribution in [0.1, 0.15) is 30.4 Å². The molecule has 3 heteroatoms. The number of hydrogen-bond acceptors (Lipinski definition) is 2. The van der Waals surface area contributed by atoms with Crippen molar-refractivity contribution in [3.63, 3.8) is 0 Å². The number of nitrogens with zero attached hydrogens (tertiary/aromatic N) is 1. The fourth-order valence-corrected chi connectivity index (χ4v) is 2.54. The first-order valence-electron chi connectivity index (χ1n) is 6.23. The Labute approximate surface area is 108 Å². The molecule has 0 spiro atoms. The van der Waals surface area contributed by atoms with Gasteiger partial charge >= 0.3 is 0 Å². The maximum absolute atomic E-state index is 10.3. The van der Waals surface area contributed by atoms with E-state index in [-0.39, 0.29) is 0 Å². The van der Waals surface area contributed by atoms with Crippen molar-refractivity contribution in [2.45, 2.75) is 32.2 Å². The van der Waals surface area contributed by atoms with E-state index in [0.29, 0.717) is 6.42 Å². The number of aryl methyl sites for hydroxylation is 1. The monoisotopic (exact) mass is 251 g/mol. The highest BCUT2D eigenvalue weighted by atomic mass is 35.5. The number of carbonyl (C=O) groups is 1. The number of benzene rings is 1. The molecule has 0 saturated carbocycles. The van der Waals surface area contributed by atoms with Gasteiger partial charge in [0.25, 0.3) is 0 Å². The van der Waals surface area contributed by atoms with Crippen LogP contribution in [0.15, 0.2) is 18.2 Å². The Kier molecular flexibility index (Phi) is 4.57. The van der Waals surface area contributed by atoms with Crippen LogP contribution < -0.4 is 0 Å². The molecule has 92 valence electrons. The normalized spacial score (nSPS) is 16.3. The summed E-state index contributed by atoms with van der Waals surface area (Å²) in [5.41, 5.74) is 2.34. The van der Waals surface area contributed by atoms with Crippen molar-refractivity contribution in [3.8, 4) is 0 Å². The molecule has 0 bridgehead atoms. The van der Waals surface area contributed by atoms with E-state index in [1.54, 1.807) is 0 Å². The average molecular weight is 252 g/mol. The zero-order valence-corrected chi connectivity index (χ0v) is 10.7. The molecule has 1 saturated heterocycles. The molecule has 1 aromatic rings. The first-order valence-corrected chi connectivity index (χ1v) is 6.60. The number of hydrogen-bond donors (Lipinski definition) is 0. The third-order valence-electron chi connectivity index (χ3n) is 3.26. The number of rotatable bonds is 5. The van der Waals surface area contributed by atoms with Crippen molar-refractivity contribution >= 4 is 17.9 Å². The lowest BCUT2D eigenvalue weighted by atomic mass is 10.1. The molecule has 2 nitrogen and oxygen atoms in total. The van der Waals surface area contributed by atoms with Crippen LogP contribution in [0, 0.1) is 0 Å². The molecule has 1 aliphatic heterocycles. The molecule has 17 heavy (non-hydrogen) atoms. The van der Waals surface area contributed by atoms with E-state index in [4.69, 9.17) is 11.6 Å². The maximum Gasteiger partial charge on any atom is 0.120 e. The summed E-state index contributed by atoms with van der Waals surface area (Å²) in [7, 11) is 0. The summed E-state index contributed by atoms with van der Waals surface area (Å²) in [6.45, 7) is 3.32. The Bertz CT molecular complexity index is 386. The molecule has 0 amide bonds. The molecular formula is C14H18ClNO. The minimum Gasteiger partial charge on any atom is -0.303 e. The van der Waals surface area contributed by atoms with Gasteiger partial charge in [0.1, 0.15) is 6.29 Å². The van der Waals surface area contributed by atoms with Crippen LogP contribution in [-0.4, -0.2) is 24.3 Å². The zero-order valence-electron chi connectivity index (χ0n) is 9.99. The predicted molar refractivity (Wildman–Crippen MR) is 70.3 cm³/mol. The van der Waals surface area contributed by atoms with Gasteiger partial charge in [-0.25, -0.2) is 0 Å². The van der Waals surface area contributed by atoms with Gasteiger partial charge in [-0.15, -0.1) is 0 Å². The number of likely N-dealkylation sites (tertiary alicyclic amines) is 1. The van der Waals surface area contributed by atoms with Crippen LogP contribution in [0.5, 0.6) is 0 Å². The molecule has 0 radical (unpaired) electrons. The van der Waals surface area contributed by atoms with E-state index in [0.717, 1.165) is 29.8 Å². The molecule has 2 rings (SSSR count). The topological polar surface area (TPSA) is 20.3 Å². The van der Waals surface area contributed by atoms with Crippen molar-refractivity contribution in [2.24, 2.45) is 0 Å². The summed E-state index contributed by atoms with van der Waals surface area (Å²) >= 11 is 6.27. The van der Waals surface area contributed by atoms with Gasteiger partial charge in [0.2, 0.25) is 0 Å². The van der Waals surface area contributed by atoms with Crippen molar-refractivity contribution < 1.29 is 4.79 Å². The van der Waals surface area contributed by atoms with E-state index in [1.165, 1.54) is 31.5 Å². The lowest BCUT2D eigenvalue weighted by Crippen LogP contribution is -2.18. The molecule has 1 heterocycles. The summed E-state index contributed by atoms with van der Waals surface area (Å²) in [4.78, 5) is 12.8. The Balaban J connectivity index is 2.00. The van der Waals surface area contributed by atoms with E-state index < -0.39 is 0 Å². The van der Waals surface area contributed by atoms with Crippen LogP contribution in [-0.2, 0) is 17.8 Å². The van der Waals surface area contributed by atoms with Gasteiger partial charge in [-0.2, -0.15) is 0 Å². The quantitative estimate of drug-likeness (QED) is 0.750. The SMILES string of the molecule is O=CCCc1ccc(CN2CCCC2)c(Cl)c1. The van der Waals surface area contributed by atoms with E-state index in [9.17, 15) is 4.79 Å². The van der Waals surface area contributed by atoms with Crippen molar-refractivity contribution in [1.29, 1.82) is 0 Å². The highest BCUT2D eigenvalue weighted by molar-refractivity contribution is 6.31. The van der Waals surface area contributed by atoms with Gasteiger partial charge in [0.15, 0.2) is 0 Å². The molecule has 0 unspecified atom stereocenters. The molecule has 1 aromatic carbocycles. The highest BCUT2D eigenvalue weighted by Crippen LogP contribution is 2.22. The largest absolute Gasteiger partial charge is 0.303 e. The first kappa shape index (κ1) is 12.6. The van der Waals surface area contributed by atoms with Crippen LogP contribution in [0.3, 0.4) is 0 Å². The minimum atomic E-state index is 0.571. The van der Waals surface area contributed by atoms with Gasteiger partial charge in [-0.3, -0.25) is 4.90 Å². The molecule has 0 aliphatic carbocycles. The van der Waals surface area contributed by atoms with Gasteiger partial charge in [-0.1, -0.05) is 23.7 Å². The molecule has 0 N–H and O–H groups in total. The second-order valence-corrected chi connectivity index (χ2v) is 5.02. The summed E-state index contributed by atoms with van der Waals surface area (Å²) in [6, 6.07) is 6.18. The third kappa shape index (κ3) is 3.55. The number of carbonyl (C=O) groups excluding carboxylic acids is 1. The lowest BCUT2D eigenvalue weighted by molar-refractivity contribution is -0.107. The van der Waals surface area contributed by atoms with E-state index in [1.807, 2.05) is 6.07 Å². The third-order valence-corrected chi connectivity index (χ3v) is 3.61. The lowest BCUT2D eigenvalue weighted by Gasteiger charge is -2.16. The Hall–Kier alpha value is -0.860. The second-order valence-electron chi connectivity index (χ2n) is 4.61. The van der Waals surface area contributed by atoms with Crippen LogP contribution in [0.25, 0.3) is 0 Å². The summed E-state index contributed by atoms with van der Waals surface area (Å²) in [6.07, 6.45) is 4.91. The van der Waals surface area contributed by atoms with E-state index >= 15 is 0 Å². The summed E-state index contributed by atoms with van der Waals surface area (Å²) in [5, 5.41) is 0.834. The Morgan fingerprint density at radius 2 is 2.06 bits per heavy atom. The summed E-state index contributed by atoms with van der Waals surface area (Å²) < 4.78 is 0. The van der Waals surface area contributed by atoms with E-state index in [2.05, 4.69) is 17.0 Å². The van der Waals surface area contributed by atoms with Crippen LogP contribution in [0.2, 0.25) is 5.02 Å². The van der Waals surface area contributed by atoms with Crippen molar-refractivity contribution in [1.82, 2.24) is 4.90 Å². The smallest absolute Gasteiger partial charge is 0.120 e. The van der Waals surface area contributed by atoms with Gasteiger partial charge in [-0.05, 0) is 49.5 Å². The maximum atomic E-state index is 10.3. The van der Waals surface area contributed by atoms with Crippen molar-refractivity contribution in [3.05, 3.63) is 34.3 Å². The Morgan fingerprint density at radius 3 is 2.71 bits per heavy atom. The second kappa shape index (κ2) is 6.18. The van der Waals surface area contributed by atoms with Crippen molar-refractivity contribution in [2.75, 3.05) is 13.1 Å². The fourth-order valence-electron chi connectivity index (χ4n) is 2.28. The first-order chi connectivity index (χ1) is 8.29. The molecular weight excluding hydrogens is 234 g/mol. The molecule has 0 atom stereocenters. The fraction of sp³-hybridized carbons (Fsp3) is 0.500. The zero-order chi connectivity index (χ0) is 12.1. The average Bonchev–Trinajstić information content (AvgIpc) is 2.82. The molecule has 0 aromatic heterocycles. The summed E-state index contributed by atoms with van der Waals surface area (Å²) in [5.74, 6) is 0. The van der Waals surface area contributed by atoms with Crippen LogP contribution >= 0.6 is 11.6 Å². The van der Waals surface area contributed by atoms with Gasteiger partial charge < -0.3 is 4.79 Å². The van der Waals surface area contributed by atoms with Crippen LogP contribution in [0.4, 0.5) is 0 Å². The minimum absolute atomic E-state index is 0.571. The predicted octanol–water partition coefficient (Wildman–Crippen LogP) is 3.07. The standard InChI is InChI=1S/C14H18ClNO/c15-14-10-12(4-3-9-17)5-6-13(14)11-16-7-1-2-8-16/h5-6,9-10H,1-4,7-8,11H2. The number of halogens is 1. The molecule has 1 aliphatic rings. The number of aldehydes is 1. The Morgan fingerprint density at radius 1 is 1.29 bits per heavy atom. The van der Waals surface area contributed by atoms with Gasteiger partial charge in [0.05, 0.1) is 0 Å². The molecule has 1 fully saturated rings. The highest BCUT2D eigenvalue weighted by Gasteiger charge is 2.13.